The van der Waals surface area contributed by atoms with Crippen LogP contribution in [0.3, 0.4) is 0 Å². The summed E-state index contributed by atoms with van der Waals surface area (Å²) in [5.41, 5.74) is 4.24. The van der Waals surface area contributed by atoms with Crippen LogP contribution in [0.4, 0.5) is 0 Å². The maximum Gasteiger partial charge on any atom is 0.340 e. The molecule has 4 aromatic rings. The molecular weight excluding hydrogens is 422 g/mol. The van der Waals surface area contributed by atoms with Crippen LogP contribution < -0.4 is 10.9 Å². The van der Waals surface area contributed by atoms with Crippen molar-refractivity contribution in [2.45, 2.75) is 46.1 Å². The molecule has 0 aliphatic rings. The van der Waals surface area contributed by atoms with Crippen LogP contribution in [0, 0.1) is 13.8 Å². The molecule has 0 unspecified atom stereocenters. The van der Waals surface area contributed by atoms with Gasteiger partial charge in [0.25, 0.3) is 0 Å². The number of rotatable bonds is 7. The number of carbonyl (C=O) groups is 2. The number of hydrogen-bond acceptors (Lipinski definition) is 5. The lowest BCUT2D eigenvalue weighted by molar-refractivity contribution is -0.141. The number of nitrogens with one attached hydrogen (secondary N) is 1. The van der Waals surface area contributed by atoms with Crippen molar-refractivity contribution in [3.8, 4) is 11.1 Å². The fraction of sp³-hybridized carbons (Fsp3) is 0.269. The number of aliphatic carboxylic acids is 1. The van der Waals surface area contributed by atoms with E-state index in [0.29, 0.717) is 35.0 Å². The lowest BCUT2D eigenvalue weighted by Crippen LogP contribution is -2.41. The first-order chi connectivity index (χ1) is 15.8. The first-order valence-electron chi connectivity index (χ1n) is 10.8. The van der Waals surface area contributed by atoms with E-state index >= 15 is 0 Å². The summed E-state index contributed by atoms with van der Waals surface area (Å²) < 4.78 is 11.2. The van der Waals surface area contributed by atoms with E-state index in [0.717, 1.165) is 22.1 Å². The summed E-state index contributed by atoms with van der Waals surface area (Å²) in [5.74, 6) is -1.63. The van der Waals surface area contributed by atoms with Crippen molar-refractivity contribution in [1.29, 1.82) is 0 Å². The van der Waals surface area contributed by atoms with Crippen LogP contribution in [0.25, 0.3) is 33.1 Å². The predicted molar refractivity (Wildman–Crippen MR) is 125 cm³/mol. The van der Waals surface area contributed by atoms with E-state index in [-0.39, 0.29) is 12.0 Å². The average Bonchev–Trinajstić information content (AvgIpc) is 3.18. The third kappa shape index (κ3) is 4.39. The van der Waals surface area contributed by atoms with E-state index in [9.17, 15) is 19.5 Å². The Hall–Kier alpha value is -3.87. The maximum atomic E-state index is 12.6. The number of hydrogen-bond donors (Lipinski definition) is 2. The Labute approximate surface area is 190 Å². The molecular formula is C26H25NO6. The lowest BCUT2D eigenvalue weighted by Gasteiger charge is -2.14. The number of carboxylic acid groups (broad SMARTS) is 1. The molecule has 1 amide bonds. The van der Waals surface area contributed by atoms with Crippen molar-refractivity contribution in [2.75, 3.05) is 0 Å². The fourth-order valence-electron chi connectivity index (χ4n) is 4.02. The van der Waals surface area contributed by atoms with E-state index in [4.69, 9.17) is 8.83 Å². The molecule has 7 heteroatoms. The summed E-state index contributed by atoms with van der Waals surface area (Å²) >= 11 is 0. The van der Waals surface area contributed by atoms with Crippen LogP contribution in [-0.4, -0.2) is 23.0 Å². The number of carboxylic acids is 1. The normalized spacial score (nSPS) is 12.2. The number of furan rings is 1. The van der Waals surface area contributed by atoms with Crippen LogP contribution in [0.1, 0.15) is 36.5 Å². The van der Waals surface area contributed by atoms with Crippen molar-refractivity contribution >= 4 is 33.8 Å². The van der Waals surface area contributed by atoms with Gasteiger partial charge in [0.2, 0.25) is 5.91 Å². The van der Waals surface area contributed by atoms with E-state index in [1.807, 2.05) is 44.2 Å². The van der Waals surface area contributed by atoms with Gasteiger partial charge in [-0.15, -0.1) is 0 Å². The van der Waals surface area contributed by atoms with Crippen LogP contribution in [0.15, 0.2) is 56.3 Å². The molecule has 0 saturated heterocycles. The highest BCUT2D eigenvalue weighted by molar-refractivity contribution is 6.02. The van der Waals surface area contributed by atoms with Crippen molar-refractivity contribution < 1.29 is 23.5 Å². The summed E-state index contributed by atoms with van der Waals surface area (Å²) in [7, 11) is 0. The Kier molecular flexibility index (Phi) is 6.05. The average molecular weight is 447 g/mol. The van der Waals surface area contributed by atoms with Crippen molar-refractivity contribution in [2.24, 2.45) is 0 Å². The molecule has 0 bridgehead atoms. The van der Waals surface area contributed by atoms with Gasteiger partial charge in [0.15, 0.2) is 0 Å². The van der Waals surface area contributed by atoms with E-state index < -0.39 is 23.5 Å². The third-order valence-corrected chi connectivity index (χ3v) is 5.89. The lowest BCUT2D eigenvalue weighted by atomic mass is 9.99. The smallest absolute Gasteiger partial charge is 0.340 e. The molecule has 4 rings (SSSR count). The van der Waals surface area contributed by atoms with Gasteiger partial charge in [0, 0.05) is 22.4 Å². The molecule has 0 fully saturated rings. The highest BCUT2D eigenvalue weighted by atomic mass is 16.4. The van der Waals surface area contributed by atoms with Crippen LogP contribution in [0.2, 0.25) is 0 Å². The van der Waals surface area contributed by atoms with Gasteiger partial charge in [-0.2, -0.15) is 0 Å². The summed E-state index contributed by atoms with van der Waals surface area (Å²) in [4.78, 5) is 36.5. The Morgan fingerprint density at radius 1 is 1.06 bits per heavy atom. The largest absolute Gasteiger partial charge is 0.480 e. The minimum atomic E-state index is -1.10. The second kappa shape index (κ2) is 8.94. The number of fused-ring (bicyclic) bond motifs is 2. The molecule has 2 N–H and O–H groups in total. The van der Waals surface area contributed by atoms with Crippen LogP contribution in [0.5, 0.6) is 0 Å². The van der Waals surface area contributed by atoms with E-state index in [1.54, 1.807) is 19.3 Å². The summed E-state index contributed by atoms with van der Waals surface area (Å²) in [6.45, 7) is 5.63. The maximum absolute atomic E-state index is 12.6. The highest BCUT2D eigenvalue weighted by Crippen LogP contribution is 2.34. The third-order valence-electron chi connectivity index (χ3n) is 5.89. The van der Waals surface area contributed by atoms with Crippen molar-refractivity contribution in [3.63, 3.8) is 0 Å². The zero-order chi connectivity index (χ0) is 23.7. The molecule has 0 spiro atoms. The van der Waals surface area contributed by atoms with Gasteiger partial charge >= 0.3 is 11.6 Å². The van der Waals surface area contributed by atoms with Gasteiger partial charge in [0.05, 0.1) is 18.2 Å². The quantitative estimate of drug-likeness (QED) is 0.396. The molecule has 0 aliphatic carbocycles. The van der Waals surface area contributed by atoms with Crippen molar-refractivity contribution in [1.82, 2.24) is 5.32 Å². The zero-order valence-electron chi connectivity index (χ0n) is 18.7. The summed E-state index contributed by atoms with van der Waals surface area (Å²) in [5, 5.41) is 13.3. The number of aryl methyl sites for hydroxylation is 2. The topological polar surface area (TPSA) is 110 Å². The molecule has 0 aliphatic heterocycles. The number of amides is 1. The number of carbonyl (C=O) groups excluding carboxylic acids is 1. The van der Waals surface area contributed by atoms with E-state index in [1.165, 1.54) is 0 Å². The molecule has 33 heavy (non-hydrogen) atoms. The van der Waals surface area contributed by atoms with Gasteiger partial charge in [0.1, 0.15) is 17.2 Å². The van der Waals surface area contributed by atoms with Gasteiger partial charge in [-0.3, -0.25) is 4.79 Å². The molecule has 1 atom stereocenters. The predicted octanol–water partition coefficient (Wildman–Crippen LogP) is 4.74. The highest BCUT2D eigenvalue weighted by Gasteiger charge is 2.22. The number of benzene rings is 2. The molecule has 2 heterocycles. The standard InChI is InChI=1S/C26H25NO6/c1-4-5-21(25(29)30)27-24(28)11-18-15(3)17-10-19-20(16-8-6-14(2)7-9-16)13-32-22(19)12-23(17)33-26(18)31/h6-10,12-13,21H,4-5,11H2,1-3H3,(H,27,28)(H,29,30)/t21-/m1/s1. The second-order valence-corrected chi connectivity index (χ2v) is 8.28. The van der Waals surface area contributed by atoms with Crippen molar-refractivity contribution in [3.05, 3.63) is 69.8 Å². The molecule has 2 aromatic carbocycles. The fourth-order valence-corrected chi connectivity index (χ4v) is 4.02. The first-order valence-corrected chi connectivity index (χ1v) is 10.8. The molecule has 0 radical (unpaired) electrons. The SMILES string of the molecule is CCC[C@@H](NC(=O)Cc1c(C)c2cc3c(-c4ccc(C)cc4)coc3cc2oc1=O)C(=O)O. The van der Waals surface area contributed by atoms with Gasteiger partial charge < -0.3 is 19.3 Å². The summed E-state index contributed by atoms with van der Waals surface area (Å²) in [6, 6.07) is 10.7. The molecule has 0 saturated carbocycles. The summed E-state index contributed by atoms with van der Waals surface area (Å²) in [6.07, 6.45) is 2.34. The molecule has 7 nitrogen and oxygen atoms in total. The Morgan fingerprint density at radius 3 is 2.45 bits per heavy atom. The monoisotopic (exact) mass is 447 g/mol. The van der Waals surface area contributed by atoms with E-state index in [2.05, 4.69) is 5.32 Å². The molecule has 170 valence electrons. The minimum absolute atomic E-state index is 0.209. The van der Waals surface area contributed by atoms with Crippen LogP contribution in [-0.2, 0) is 16.0 Å². The molecule has 2 aromatic heterocycles. The second-order valence-electron chi connectivity index (χ2n) is 8.28. The first kappa shape index (κ1) is 22.3. The van der Waals surface area contributed by atoms with Gasteiger partial charge in [-0.05, 0) is 37.5 Å². The van der Waals surface area contributed by atoms with Gasteiger partial charge in [-0.25, -0.2) is 9.59 Å². The minimum Gasteiger partial charge on any atom is -0.480 e. The zero-order valence-corrected chi connectivity index (χ0v) is 18.7. The Bertz CT molecular complexity index is 1410. The van der Waals surface area contributed by atoms with Gasteiger partial charge in [-0.1, -0.05) is 43.2 Å². The van der Waals surface area contributed by atoms with Crippen LogP contribution >= 0.6 is 0 Å². The Balaban J connectivity index is 1.74. The Morgan fingerprint density at radius 2 is 1.79 bits per heavy atom.